The number of amides is 1. The van der Waals surface area contributed by atoms with Crippen molar-refractivity contribution in [2.24, 2.45) is 0 Å². The molecule has 7 nitrogen and oxygen atoms in total. The zero-order valence-corrected chi connectivity index (χ0v) is 17.1. The van der Waals surface area contributed by atoms with Crippen LogP contribution >= 0.6 is 11.6 Å². The number of sulfonamides is 1. The summed E-state index contributed by atoms with van der Waals surface area (Å²) in [6.07, 6.45) is 0. The van der Waals surface area contributed by atoms with E-state index in [-0.39, 0.29) is 24.0 Å². The lowest BCUT2D eigenvalue weighted by atomic mass is 10.2. The Morgan fingerprint density at radius 3 is 2.50 bits per heavy atom. The Balaban J connectivity index is 1.63. The second-order valence-electron chi connectivity index (χ2n) is 6.56. The van der Waals surface area contributed by atoms with E-state index in [2.05, 4.69) is 15.1 Å². The van der Waals surface area contributed by atoms with Gasteiger partial charge in [-0.25, -0.2) is 13.1 Å². The molecule has 3 aromatic rings. The quantitative estimate of drug-likeness (QED) is 0.614. The number of carbonyl (C=O) groups excluding carboxylic acids is 1. The molecule has 3 rings (SSSR count). The van der Waals surface area contributed by atoms with Crippen molar-refractivity contribution in [3.63, 3.8) is 0 Å². The second-order valence-corrected chi connectivity index (χ2v) is 8.76. The molecule has 0 saturated heterocycles. The maximum atomic E-state index is 12.2. The Morgan fingerprint density at radius 2 is 1.82 bits per heavy atom. The summed E-state index contributed by atoms with van der Waals surface area (Å²) in [5.74, 6) is -0.444. The van der Waals surface area contributed by atoms with Crippen LogP contribution in [0.5, 0.6) is 0 Å². The van der Waals surface area contributed by atoms with E-state index in [4.69, 9.17) is 11.6 Å². The van der Waals surface area contributed by atoms with Crippen LogP contribution in [0.3, 0.4) is 0 Å². The van der Waals surface area contributed by atoms with Crippen LogP contribution in [0.4, 0.5) is 0 Å². The summed E-state index contributed by atoms with van der Waals surface area (Å²) in [6.45, 7) is 3.91. The number of para-hydroxylation sites is 1. The molecular weight excluding hydrogens is 400 g/mol. The highest BCUT2D eigenvalue weighted by molar-refractivity contribution is 7.89. The van der Waals surface area contributed by atoms with Gasteiger partial charge < -0.3 is 5.32 Å². The first-order valence-corrected chi connectivity index (χ1v) is 10.6. The molecule has 1 aromatic heterocycles. The number of rotatable bonds is 7. The summed E-state index contributed by atoms with van der Waals surface area (Å²) in [7, 11) is -3.79. The molecule has 0 bridgehead atoms. The number of nitrogens with one attached hydrogen (secondary N) is 2. The lowest BCUT2D eigenvalue weighted by Gasteiger charge is -2.08. The smallest absolute Gasteiger partial charge is 0.241 e. The normalized spacial score (nSPS) is 11.9. The molecule has 0 unspecified atom stereocenters. The number of aromatic nitrogens is 2. The molecule has 2 N–H and O–H groups in total. The highest BCUT2D eigenvalue weighted by atomic mass is 35.5. The van der Waals surface area contributed by atoms with E-state index in [0.29, 0.717) is 5.02 Å². The second kappa shape index (κ2) is 8.30. The summed E-state index contributed by atoms with van der Waals surface area (Å²) in [6, 6.07) is 13.7. The van der Waals surface area contributed by atoms with E-state index in [9.17, 15) is 13.2 Å². The molecule has 0 saturated carbocycles. The largest absolute Gasteiger partial charge is 0.349 e. The Hall–Kier alpha value is -2.42. The monoisotopic (exact) mass is 420 g/mol. The number of nitrogens with zero attached hydrogens (tertiary/aromatic N) is 2. The van der Waals surface area contributed by atoms with Crippen molar-refractivity contribution in [2.75, 3.05) is 6.54 Å². The summed E-state index contributed by atoms with van der Waals surface area (Å²) in [4.78, 5) is 12.2. The van der Waals surface area contributed by atoms with Crippen LogP contribution in [-0.4, -0.2) is 30.7 Å². The summed E-state index contributed by atoms with van der Waals surface area (Å²) in [5.41, 5.74) is 1.73. The molecule has 1 heterocycles. The highest BCUT2D eigenvalue weighted by Gasteiger charge is 2.16. The van der Waals surface area contributed by atoms with Crippen LogP contribution in [0, 0.1) is 0 Å². The van der Waals surface area contributed by atoms with E-state index in [1.165, 1.54) is 24.3 Å². The van der Waals surface area contributed by atoms with E-state index < -0.39 is 15.9 Å². The van der Waals surface area contributed by atoms with Crippen LogP contribution in [0.1, 0.15) is 25.6 Å². The number of halogens is 1. The average Bonchev–Trinajstić information content (AvgIpc) is 3.04. The Bertz CT molecular complexity index is 1090. The van der Waals surface area contributed by atoms with Gasteiger partial charge in [0.15, 0.2) is 0 Å². The van der Waals surface area contributed by atoms with Gasteiger partial charge in [0.25, 0.3) is 0 Å². The molecule has 9 heteroatoms. The Morgan fingerprint density at radius 1 is 1.14 bits per heavy atom. The molecule has 0 atom stereocenters. The minimum Gasteiger partial charge on any atom is -0.349 e. The van der Waals surface area contributed by atoms with Crippen molar-refractivity contribution in [2.45, 2.75) is 31.3 Å². The Kier molecular flexibility index (Phi) is 6.02. The summed E-state index contributed by atoms with van der Waals surface area (Å²) >= 11 is 5.76. The molecule has 0 fully saturated rings. The molecule has 28 heavy (non-hydrogen) atoms. The van der Waals surface area contributed by atoms with Gasteiger partial charge >= 0.3 is 0 Å². The number of benzene rings is 2. The first-order valence-electron chi connectivity index (χ1n) is 8.76. The van der Waals surface area contributed by atoms with Crippen molar-refractivity contribution in [3.05, 3.63) is 59.2 Å². The predicted molar refractivity (Wildman–Crippen MR) is 109 cm³/mol. The number of hydrogen-bond acceptors (Lipinski definition) is 4. The van der Waals surface area contributed by atoms with Crippen LogP contribution < -0.4 is 10.0 Å². The number of carbonyl (C=O) groups is 1. The SMILES string of the molecule is CC(C)n1nc(CNC(=O)CNS(=O)(=O)c2ccc(Cl)cc2)c2ccccc21. The van der Waals surface area contributed by atoms with Gasteiger partial charge in [0.1, 0.15) is 0 Å². The van der Waals surface area contributed by atoms with Gasteiger partial charge in [0.2, 0.25) is 15.9 Å². The number of fused-ring (bicyclic) bond motifs is 1. The van der Waals surface area contributed by atoms with Crippen molar-refractivity contribution in [1.29, 1.82) is 0 Å². The molecule has 1 amide bonds. The molecule has 0 spiro atoms. The van der Waals surface area contributed by atoms with E-state index in [1.807, 2.05) is 42.8 Å². The van der Waals surface area contributed by atoms with Crippen LogP contribution in [0.25, 0.3) is 10.9 Å². The maximum absolute atomic E-state index is 12.2. The molecule has 0 aliphatic carbocycles. The van der Waals surface area contributed by atoms with Crippen molar-refractivity contribution in [1.82, 2.24) is 19.8 Å². The molecule has 148 valence electrons. The highest BCUT2D eigenvalue weighted by Crippen LogP contribution is 2.21. The first-order chi connectivity index (χ1) is 13.3. The minimum atomic E-state index is -3.79. The number of hydrogen-bond donors (Lipinski definition) is 2. The third-order valence-electron chi connectivity index (χ3n) is 4.18. The fourth-order valence-electron chi connectivity index (χ4n) is 2.78. The van der Waals surface area contributed by atoms with Crippen molar-refractivity contribution in [3.8, 4) is 0 Å². The topological polar surface area (TPSA) is 93.1 Å². The molecule has 2 aromatic carbocycles. The minimum absolute atomic E-state index is 0.0476. The van der Waals surface area contributed by atoms with Crippen LogP contribution in [0.2, 0.25) is 5.02 Å². The lowest BCUT2D eigenvalue weighted by Crippen LogP contribution is -2.36. The van der Waals surface area contributed by atoms with Gasteiger partial charge in [-0.3, -0.25) is 9.48 Å². The third kappa shape index (κ3) is 4.52. The molecule has 0 radical (unpaired) electrons. The summed E-state index contributed by atoms with van der Waals surface area (Å²) in [5, 5.41) is 8.68. The van der Waals surface area contributed by atoms with Crippen molar-refractivity contribution < 1.29 is 13.2 Å². The zero-order chi connectivity index (χ0) is 20.3. The van der Waals surface area contributed by atoms with Crippen LogP contribution in [0.15, 0.2) is 53.4 Å². The Labute approximate surface area is 168 Å². The van der Waals surface area contributed by atoms with Crippen LogP contribution in [-0.2, 0) is 21.4 Å². The van der Waals surface area contributed by atoms with E-state index in [1.54, 1.807) is 0 Å². The van der Waals surface area contributed by atoms with Gasteiger partial charge in [-0.05, 0) is 44.2 Å². The predicted octanol–water partition coefficient (Wildman–Crippen LogP) is 2.87. The average molecular weight is 421 g/mol. The van der Waals surface area contributed by atoms with Crippen molar-refractivity contribution >= 4 is 38.4 Å². The van der Waals surface area contributed by atoms with E-state index in [0.717, 1.165) is 16.6 Å². The van der Waals surface area contributed by atoms with Gasteiger partial charge in [0, 0.05) is 16.5 Å². The van der Waals surface area contributed by atoms with Gasteiger partial charge in [-0.2, -0.15) is 5.10 Å². The molecule has 0 aliphatic rings. The van der Waals surface area contributed by atoms with Gasteiger partial charge in [-0.1, -0.05) is 29.8 Å². The third-order valence-corrected chi connectivity index (χ3v) is 5.85. The standard InChI is InChI=1S/C19H21ClN4O3S/c1-13(2)24-18-6-4-3-5-16(18)17(23-24)11-21-19(25)12-22-28(26,27)15-9-7-14(20)8-10-15/h3-10,13,22H,11-12H2,1-2H3,(H,21,25). The molecule has 0 aliphatic heterocycles. The first kappa shape index (κ1) is 20.3. The molecular formula is C19H21ClN4O3S. The van der Waals surface area contributed by atoms with E-state index >= 15 is 0 Å². The van der Waals surface area contributed by atoms with Gasteiger partial charge in [-0.15, -0.1) is 0 Å². The lowest BCUT2D eigenvalue weighted by molar-refractivity contribution is -0.120. The maximum Gasteiger partial charge on any atom is 0.241 e. The van der Waals surface area contributed by atoms with Gasteiger partial charge in [0.05, 0.1) is 29.2 Å². The fraction of sp³-hybridized carbons (Fsp3) is 0.263. The summed E-state index contributed by atoms with van der Waals surface area (Å²) < 4.78 is 28.6. The fourth-order valence-corrected chi connectivity index (χ4v) is 3.89. The zero-order valence-electron chi connectivity index (χ0n) is 15.5.